The second-order valence-corrected chi connectivity index (χ2v) is 11.8. The number of nitrogens with one attached hydrogen (secondary N) is 1. The summed E-state index contributed by atoms with van der Waals surface area (Å²) in [5.74, 6) is -0.0373. The number of nitrogens with zero attached hydrogens (tertiary/aromatic N) is 2. The van der Waals surface area contributed by atoms with Crippen LogP contribution >= 0.6 is 0 Å². The predicted octanol–water partition coefficient (Wildman–Crippen LogP) is 5.73. The first kappa shape index (κ1) is 27.3. The van der Waals surface area contributed by atoms with Gasteiger partial charge in [0.15, 0.2) is 5.16 Å². The Morgan fingerprint density at radius 2 is 1.62 bits per heavy atom. The SMILES string of the molecule is C[S@@](=O)c1nc2ccccc2n1Cc1ccc([C@H](C(=O)N[C@@H](CO)c2ccccc2)C2CCCCCC2)cc1. The van der Waals surface area contributed by atoms with Gasteiger partial charge in [-0.3, -0.25) is 9.00 Å². The van der Waals surface area contributed by atoms with Crippen molar-refractivity contribution in [3.8, 4) is 0 Å². The van der Waals surface area contributed by atoms with Crippen molar-refractivity contribution in [2.45, 2.75) is 62.2 Å². The maximum atomic E-state index is 13.8. The van der Waals surface area contributed by atoms with Crippen molar-refractivity contribution < 1.29 is 14.1 Å². The van der Waals surface area contributed by atoms with Gasteiger partial charge in [-0.05, 0) is 47.6 Å². The van der Waals surface area contributed by atoms with E-state index in [1.54, 1.807) is 6.26 Å². The Morgan fingerprint density at radius 3 is 2.28 bits per heavy atom. The van der Waals surface area contributed by atoms with Crippen molar-refractivity contribution in [1.82, 2.24) is 14.9 Å². The van der Waals surface area contributed by atoms with E-state index in [4.69, 9.17) is 0 Å². The number of benzene rings is 3. The third kappa shape index (κ3) is 6.31. The summed E-state index contributed by atoms with van der Waals surface area (Å²) in [6.45, 7) is 0.405. The fourth-order valence-electron chi connectivity index (χ4n) is 5.90. The lowest BCUT2D eigenvalue weighted by Crippen LogP contribution is -2.37. The van der Waals surface area contributed by atoms with Crippen molar-refractivity contribution in [2.75, 3.05) is 12.9 Å². The second kappa shape index (κ2) is 12.7. The summed E-state index contributed by atoms with van der Waals surface area (Å²) in [6.07, 6.45) is 8.42. The molecule has 1 fully saturated rings. The summed E-state index contributed by atoms with van der Waals surface area (Å²) in [4.78, 5) is 18.4. The molecule has 0 aliphatic heterocycles. The minimum atomic E-state index is -1.21. The lowest BCUT2D eigenvalue weighted by Gasteiger charge is -2.28. The summed E-state index contributed by atoms with van der Waals surface area (Å²) in [6, 6.07) is 25.4. The zero-order valence-electron chi connectivity index (χ0n) is 22.5. The number of carbonyl (C=O) groups excluding carboxylic acids is 1. The van der Waals surface area contributed by atoms with Crippen LogP contribution in [0.1, 0.15) is 67.2 Å². The Bertz CT molecular complexity index is 1410. The number of aliphatic hydroxyl groups excluding tert-OH is 1. The lowest BCUT2D eigenvalue weighted by molar-refractivity contribution is -0.125. The van der Waals surface area contributed by atoms with Crippen LogP contribution in [0.5, 0.6) is 0 Å². The first-order valence-corrected chi connectivity index (χ1v) is 15.4. The monoisotopic (exact) mass is 543 g/mol. The van der Waals surface area contributed by atoms with Gasteiger partial charge in [0.2, 0.25) is 5.91 Å². The first-order chi connectivity index (χ1) is 19.0. The highest BCUT2D eigenvalue weighted by Crippen LogP contribution is 2.36. The van der Waals surface area contributed by atoms with E-state index in [0.29, 0.717) is 11.7 Å². The molecule has 6 nitrogen and oxygen atoms in total. The van der Waals surface area contributed by atoms with Gasteiger partial charge in [0.25, 0.3) is 0 Å². The number of fused-ring (bicyclic) bond motifs is 1. The minimum absolute atomic E-state index is 0.0261. The van der Waals surface area contributed by atoms with Gasteiger partial charge in [0.1, 0.15) is 0 Å². The quantitative estimate of drug-likeness (QED) is 0.264. The van der Waals surface area contributed by atoms with Gasteiger partial charge >= 0.3 is 0 Å². The Hall–Kier alpha value is -3.29. The van der Waals surface area contributed by atoms with Gasteiger partial charge in [-0.2, -0.15) is 0 Å². The van der Waals surface area contributed by atoms with Gasteiger partial charge in [-0.1, -0.05) is 92.4 Å². The van der Waals surface area contributed by atoms with Crippen LogP contribution in [0.4, 0.5) is 0 Å². The fraction of sp³-hybridized carbons (Fsp3) is 0.375. The average Bonchev–Trinajstić information content (AvgIpc) is 3.12. The number of aromatic nitrogens is 2. The standard InChI is InChI=1S/C32H37N3O3S/c1-39(38)32-34-27-15-9-10-16-29(27)35(32)21-23-17-19-26(20-18-23)30(25-13-5-2-3-6-14-25)31(37)33-28(22-36)24-11-7-4-8-12-24/h4,7-12,15-20,25,28,30,36H,2-3,5-6,13-14,21-22H2,1H3,(H,33,37)/t28-,30+,39+/m0/s1. The molecule has 4 aromatic rings. The molecule has 0 unspecified atom stereocenters. The Balaban J connectivity index is 1.42. The molecule has 0 saturated heterocycles. The summed E-state index contributed by atoms with van der Waals surface area (Å²) in [5.41, 5.74) is 4.76. The molecule has 7 heteroatoms. The molecule has 0 bridgehead atoms. The molecular formula is C32H37N3O3S. The fourth-order valence-corrected chi connectivity index (χ4v) is 6.60. The van der Waals surface area contributed by atoms with Crippen molar-refractivity contribution in [3.63, 3.8) is 0 Å². The van der Waals surface area contributed by atoms with Gasteiger partial charge < -0.3 is 15.0 Å². The predicted molar refractivity (Wildman–Crippen MR) is 156 cm³/mol. The van der Waals surface area contributed by atoms with E-state index in [0.717, 1.165) is 53.4 Å². The van der Waals surface area contributed by atoms with Gasteiger partial charge in [-0.15, -0.1) is 0 Å². The molecule has 1 aliphatic carbocycles. The zero-order valence-corrected chi connectivity index (χ0v) is 23.3. The molecule has 1 amide bonds. The van der Waals surface area contributed by atoms with Crippen LogP contribution in [0, 0.1) is 5.92 Å². The van der Waals surface area contributed by atoms with Crippen molar-refractivity contribution in [2.24, 2.45) is 5.92 Å². The van der Waals surface area contributed by atoms with Gasteiger partial charge in [0.05, 0.1) is 46.9 Å². The Labute approximate surface area is 232 Å². The molecular weight excluding hydrogens is 506 g/mol. The highest BCUT2D eigenvalue weighted by Gasteiger charge is 2.31. The van der Waals surface area contributed by atoms with E-state index in [2.05, 4.69) is 34.6 Å². The highest BCUT2D eigenvalue weighted by molar-refractivity contribution is 7.84. The van der Waals surface area contributed by atoms with Gasteiger partial charge in [0, 0.05) is 6.26 Å². The van der Waals surface area contributed by atoms with Crippen molar-refractivity contribution in [3.05, 3.63) is 95.6 Å². The minimum Gasteiger partial charge on any atom is -0.394 e. The number of hydrogen-bond acceptors (Lipinski definition) is 4. The molecule has 5 rings (SSSR count). The van der Waals surface area contributed by atoms with E-state index in [9.17, 15) is 14.1 Å². The number of para-hydroxylation sites is 2. The van der Waals surface area contributed by atoms with Gasteiger partial charge in [-0.25, -0.2) is 4.98 Å². The summed E-state index contributed by atoms with van der Waals surface area (Å²) in [5, 5.41) is 13.8. The number of rotatable bonds is 9. The summed E-state index contributed by atoms with van der Waals surface area (Å²) < 4.78 is 14.4. The molecule has 0 radical (unpaired) electrons. The summed E-state index contributed by atoms with van der Waals surface area (Å²) >= 11 is 0. The molecule has 1 aromatic heterocycles. The molecule has 1 saturated carbocycles. The Morgan fingerprint density at radius 1 is 0.949 bits per heavy atom. The molecule has 2 N–H and O–H groups in total. The molecule has 39 heavy (non-hydrogen) atoms. The lowest BCUT2D eigenvalue weighted by atomic mass is 9.80. The summed E-state index contributed by atoms with van der Waals surface area (Å²) in [7, 11) is -1.21. The Kier molecular flexibility index (Phi) is 8.89. The van der Waals surface area contributed by atoms with Crippen molar-refractivity contribution >= 4 is 27.7 Å². The number of imidazole rings is 1. The first-order valence-electron chi connectivity index (χ1n) is 13.9. The number of carbonyl (C=O) groups is 1. The molecule has 3 atom stereocenters. The smallest absolute Gasteiger partial charge is 0.228 e. The third-order valence-electron chi connectivity index (χ3n) is 7.91. The zero-order chi connectivity index (χ0) is 27.2. The normalized spacial score (nSPS) is 16.9. The van der Waals surface area contributed by atoms with Crippen LogP contribution in [0.25, 0.3) is 11.0 Å². The van der Waals surface area contributed by atoms with Crippen LogP contribution in [0.3, 0.4) is 0 Å². The number of amides is 1. The van der Waals surface area contributed by atoms with E-state index >= 15 is 0 Å². The maximum absolute atomic E-state index is 13.8. The third-order valence-corrected chi connectivity index (χ3v) is 8.74. The number of hydrogen-bond donors (Lipinski definition) is 2. The highest BCUT2D eigenvalue weighted by atomic mass is 32.2. The van der Waals surface area contributed by atoms with E-state index in [1.165, 1.54) is 12.8 Å². The van der Waals surface area contributed by atoms with E-state index in [-0.39, 0.29) is 24.3 Å². The molecule has 1 heterocycles. The van der Waals surface area contributed by atoms with Crippen LogP contribution in [-0.2, 0) is 22.1 Å². The van der Waals surface area contributed by atoms with Crippen molar-refractivity contribution in [1.29, 1.82) is 0 Å². The second-order valence-electron chi connectivity index (χ2n) is 10.5. The molecule has 204 valence electrons. The van der Waals surface area contributed by atoms with E-state index in [1.807, 2.05) is 59.2 Å². The topological polar surface area (TPSA) is 84.2 Å². The number of aliphatic hydroxyl groups is 1. The maximum Gasteiger partial charge on any atom is 0.228 e. The van der Waals surface area contributed by atoms with E-state index < -0.39 is 16.8 Å². The molecule has 0 spiro atoms. The average molecular weight is 544 g/mol. The largest absolute Gasteiger partial charge is 0.394 e. The van der Waals surface area contributed by atoms with Crippen LogP contribution in [0.15, 0.2) is 84.0 Å². The van der Waals surface area contributed by atoms with Crippen LogP contribution in [0.2, 0.25) is 0 Å². The van der Waals surface area contributed by atoms with Crippen LogP contribution < -0.4 is 5.32 Å². The van der Waals surface area contributed by atoms with Crippen LogP contribution in [-0.4, -0.2) is 37.6 Å². The molecule has 3 aromatic carbocycles. The molecule has 1 aliphatic rings.